The van der Waals surface area contributed by atoms with E-state index >= 15 is 0 Å². The summed E-state index contributed by atoms with van der Waals surface area (Å²) in [6.45, 7) is 4.39. The Balaban J connectivity index is 2.63. The Morgan fingerprint density at radius 3 is 3.08 bits per heavy atom. The second-order valence-electron chi connectivity index (χ2n) is 2.47. The molecule has 0 bridgehead atoms. The van der Waals surface area contributed by atoms with Crippen molar-refractivity contribution in [1.82, 2.24) is 4.90 Å². The van der Waals surface area contributed by atoms with Crippen molar-refractivity contribution in [2.75, 3.05) is 6.54 Å². The first-order valence-corrected chi connectivity index (χ1v) is 3.77. The summed E-state index contributed by atoms with van der Waals surface area (Å²) in [6.07, 6.45) is 11.0. The molecule has 1 aliphatic heterocycles. The third kappa shape index (κ3) is 1.99. The zero-order chi connectivity index (χ0) is 8.81. The maximum absolute atomic E-state index is 8.36. The van der Waals surface area contributed by atoms with E-state index in [1.807, 2.05) is 35.4 Å². The van der Waals surface area contributed by atoms with Crippen LogP contribution in [0.4, 0.5) is 0 Å². The standard InChI is InChI=1S/C9H12N2O/c1-2-6-11-7-4-3-5-9(11)8-10-12/h2-5,7-9,12H,1,6H2/b10-8-. The molecule has 0 aromatic rings. The average Bonchev–Trinajstić information content (AvgIpc) is 2.09. The summed E-state index contributed by atoms with van der Waals surface area (Å²) >= 11 is 0. The molecule has 1 unspecified atom stereocenters. The molecule has 64 valence electrons. The molecule has 1 N–H and O–H groups in total. The quantitative estimate of drug-likeness (QED) is 0.296. The van der Waals surface area contributed by atoms with Gasteiger partial charge in [-0.25, -0.2) is 0 Å². The van der Waals surface area contributed by atoms with Crippen LogP contribution in [-0.2, 0) is 0 Å². The van der Waals surface area contributed by atoms with E-state index in [-0.39, 0.29) is 6.04 Å². The van der Waals surface area contributed by atoms with Crippen LogP contribution < -0.4 is 0 Å². The largest absolute Gasteiger partial charge is 0.411 e. The fraction of sp³-hybridized carbons (Fsp3) is 0.222. The minimum atomic E-state index is 0.0398. The summed E-state index contributed by atoms with van der Waals surface area (Å²) in [7, 11) is 0. The Morgan fingerprint density at radius 1 is 1.58 bits per heavy atom. The van der Waals surface area contributed by atoms with Crippen LogP contribution in [0, 0.1) is 0 Å². The Labute approximate surface area is 72.0 Å². The molecule has 0 spiro atoms. The highest BCUT2D eigenvalue weighted by Gasteiger charge is 2.09. The number of allylic oxidation sites excluding steroid dienone is 2. The summed E-state index contributed by atoms with van der Waals surface area (Å²) in [4.78, 5) is 2.01. The fourth-order valence-electron chi connectivity index (χ4n) is 1.08. The third-order valence-corrected chi connectivity index (χ3v) is 1.64. The first-order chi connectivity index (χ1) is 5.88. The number of oxime groups is 1. The molecule has 0 fully saturated rings. The van der Waals surface area contributed by atoms with Gasteiger partial charge < -0.3 is 10.1 Å². The summed E-state index contributed by atoms with van der Waals surface area (Å²) in [6, 6.07) is 0.0398. The normalized spacial score (nSPS) is 22.0. The molecule has 0 aliphatic carbocycles. The lowest BCUT2D eigenvalue weighted by molar-refractivity contribution is 0.314. The van der Waals surface area contributed by atoms with E-state index in [9.17, 15) is 0 Å². The van der Waals surface area contributed by atoms with Gasteiger partial charge in [-0.15, -0.1) is 6.58 Å². The molecule has 0 saturated heterocycles. The second kappa shape index (κ2) is 4.38. The van der Waals surface area contributed by atoms with E-state index in [1.54, 1.807) is 0 Å². The minimum Gasteiger partial charge on any atom is -0.411 e. The van der Waals surface area contributed by atoms with Crippen molar-refractivity contribution in [3.63, 3.8) is 0 Å². The highest BCUT2D eigenvalue weighted by molar-refractivity contribution is 5.67. The third-order valence-electron chi connectivity index (χ3n) is 1.64. The van der Waals surface area contributed by atoms with Crippen molar-refractivity contribution in [3.8, 4) is 0 Å². The van der Waals surface area contributed by atoms with Gasteiger partial charge in [-0.1, -0.05) is 23.4 Å². The Morgan fingerprint density at radius 2 is 2.42 bits per heavy atom. The molecule has 0 aromatic heterocycles. The van der Waals surface area contributed by atoms with Gasteiger partial charge in [0.25, 0.3) is 0 Å². The van der Waals surface area contributed by atoms with Crippen LogP contribution in [0.1, 0.15) is 0 Å². The lowest BCUT2D eigenvalue weighted by Gasteiger charge is -2.25. The molecule has 1 aliphatic rings. The number of nitrogens with zero attached hydrogens (tertiary/aromatic N) is 2. The molecule has 1 heterocycles. The highest BCUT2D eigenvalue weighted by Crippen LogP contribution is 2.05. The molecule has 0 aromatic carbocycles. The SMILES string of the molecule is C=CCN1C=CC=CC1/C=N\O. The molecular weight excluding hydrogens is 152 g/mol. The summed E-state index contributed by atoms with van der Waals surface area (Å²) < 4.78 is 0. The molecule has 0 radical (unpaired) electrons. The minimum absolute atomic E-state index is 0.0398. The van der Waals surface area contributed by atoms with Crippen molar-refractivity contribution in [1.29, 1.82) is 0 Å². The van der Waals surface area contributed by atoms with Gasteiger partial charge >= 0.3 is 0 Å². The van der Waals surface area contributed by atoms with Gasteiger partial charge in [0.1, 0.15) is 0 Å². The van der Waals surface area contributed by atoms with Gasteiger partial charge in [-0.3, -0.25) is 0 Å². The van der Waals surface area contributed by atoms with Crippen molar-refractivity contribution >= 4 is 6.21 Å². The van der Waals surface area contributed by atoms with Crippen LogP contribution in [-0.4, -0.2) is 28.9 Å². The zero-order valence-corrected chi connectivity index (χ0v) is 6.80. The molecule has 0 saturated carbocycles. The van der Waals surface area contributed by atoms with E-state index < -0.39 is 0 Å². The molecular formula is C9H12N2O. The maximum atomic E-state index is 8.36. The first-order valence-electron chi connectivity index (χ1n) is 3.77. The summed E-state index contributed by atoms with van der Waals surface area (Å²) in [5.74, 6) is 0. The van der Waals surface area contributed by atoms with Crippen molar-refractivity contribution in [3.05, 3.63) is 37.1 Å². The molecule has 1 rings (SSSR count). The predicted molar refractivity (Wildman–Crippen MR) is 49.2 cm³/mol. The van der Waals surface area contributed by atoms with Crippen LogP contribution in [0.25, 0.3) is 0 Å². The molecule has 3 nitrogen and oxygen atoms in total. The number of hydrogen-bond donors (Lipinski definition) is 1. The smallest absolute Gasteiger partial charge is 0.0862 e. The van der Waals surface area contributed by atoms with Crippen molar-refractivity contribution in [2.24, 2.45) is 5.16 Å². The Bertz CT molecular complexity index is 231. The van der Waals surface area contributed by atoms with Crippen molar-refractivity contribution in [2.45, 2.75) is 6.04 Å². The fourth-order valence-corrected chi connectivity index (χ4v) is 1.08. The Kier molecular flexibility index (Phi) is 3.14. The molecule has 1 atom stereocenters. The van der Waals surface area contributed by atoms with Crippen molar-refractivity contribution < 1.29 is 5.21 Å². The van der Waals surface area contributed by atoms with Gasteiger partial charge in [0.05, 0.1) is 12.3 Å². The van der Waals surface area contributed by atoms with E-state index in [2.05, 4.69) is 11.7 Å². The lowest BCUT2D eigenvalue weighted by atomic mass is 10.2. The van der Waals surface area contributed by atoms with Gasteiger partial charge in [-0.2, -0.15) is 0 Å². The highest BCUT2D eigenvalue weighted by atomic mass is 16.4. The molecule has 12 heavy (non-hydrogen) atoms. The topological polar surface area (TPSA) is 35.8 Å². The van der Waals surface area contributed by atoms with Gasteiger partial charge in [0.2, 0.25) is 0 Å². The summed E-state index contributed by atoms with van der Waals surface area (Å²) in [5, 5.41) is 11.4. The van der Waals surface area contributed by atoms with Gasteiger partial charge in [-0.05, 0) is 6.08 Å². The molecule has 3 heteroatoms. The van der Waals surface area contributed by atoms with E-state index in [0.29, 0.717) is 0 Å². The van der Waals surface area contributed by atoms with Gasteiger partial charge in [0, 0.05) is 12.7 Å². The summed E-state index contributed by atoms with van der Waals surface area (Å²) in [5.41, 5.74) is 0. The predicted octanol–water partition coefficient (Wildman–Crippen LogP) is 1.39. The van der Waals surface area contributed by atoms with Crippen LogP contribution in [0.15, 0.2) is 42.2 Å². The maximum Gasteiger partial charge on any atom is 0.0862 e. The monoisotopic (exact) mass is 164 g/mol. The van der Waals surface area contributed by atoms with E-state index in [0.717, 1.165) is 6.54 Å². The Hall–Kier alpha value is -1.51. The van der Waals surface area contributed by atoms with Crippen LogP contribution in [0.5, 0.6) is 0 Å². The van der Waals surface area contributed by atoms with Crippen LogP contribution in [0.2, 0.25) is 0 Å². The van der Waals surface area contributed by atoms with Crippen LogP contribution >= 0.6 is 0 Å². The average molecular weight is 164 g/mol. The van der Waals surface area contributed by atoms with Crippen LogP contribution in [0.3, 0.4) is 0 Å². The second-order valence-corrected chi connectivity index (χ2v) is 2.47. The number of rotatable bonds is 3. The van der Waals surface area contributed by atoms with E-state index in [1.165, 1.54) is 6.21 Å². The zero-order valence-electron chi connectivity index (χ0n) is 6.80. The lowest BCUT2D eigenvalue weighted by Crippen LogP contribution is -2.31. The number of hydrogen-bond acceptors (Lipinski definition) is 3. The van der Waals surface area contributed by atoms with Gasteiger partial charge in [0.15, 0.2) is 0 Å². The molecule has 0 amide bonds. The van der Waals surface area contributed by atoms with E-state index in [4.69, 9.17) is 5.21 Å². The first kappa shape index (κ1) is 8.59.